The summed E-state index contributed by atoms with van der Waals surface area (Å²) in [5.41, 5.74) is 8.23. The number of nitrogens with zero attached hydrogens (tertiary/aromatic N) is 4. The molecule has 0 spiro atoms. The van der Waals surface area contributed by atoms with E-state index in [2.05, 4.69) is 160 Å². The maximum absolute atomic E-state index is 5.36. The number of allylic oxidation sites excluding steroid dienone is 4. The van der Waals surface area contributed by atoms with Crippen molar-refractivity contribution in [1.82, 2.24) is 9.88 Å². The lowest BCUT2D eigenvalue weighted by molar-refractivity contribution is 0.729. The summed E-state index contributed by atoms with van der Waals surface area (Å²) in [5.74, 6) is 1.86. The normalized spacial score (nSPS) is 21.2. The predicted octanol–water partition coefficient (Wildman–Crippen LogP) is 9.34. The molecule has 5 nitrogen and oxygen atoms in total. The van der Waals surface area contributed by atoms with Gasteiger partial charge in [0.15, 0.2) is 6.17 Å². The van der Waals surface area contributed by atoms with Crippen LogP contribution in [0, 0.1) is 0 Å². The number of hydrogen-bond acceptors (Lipinski definition) is 4. The number of hydrogen-bond donors (Lipinski definition) is 1. The number of rotatable bonds is 3. The van der Waals surface area contributed by atoms with Gasteiger partial charge in [0.1, 0.15) is 5.84 Å². The highest BCUT2D eigenvalue weighted by molar-refractivity contribution is 6.23. The third-order valence-corrected chi connectivity index (χ3v) is 10.2. The maximum atomic E-state index is 5.36. The summed E-state index contributed by atoms with van der Waals surface area (Å²) in [4.78, 5) is 12.9. The molecule has 3 atom stereocenters. The molecule has 4 aliphatic rings. The summed E-state index contributed by atoms with van der Waals surface area (Å²) >= 11 is 0. The zero-order valence-electron chi connectivity index (χ0n) is 26.4. The Labute approximate surface area is 279 Å². The van der Waals surface area contributed by atoms with Crippen LogP contribution in [0.2, 0.25) is 0 Å². The molecule has 0 saturated carbocycles. The molecule has 5 heteroatoms. The Bertz CT molecular complexity index is 2440. The summed E-state index contributed by atoms with van der Waals surface area (Å²) in [6.07, 6.45) is 17.5. The molecule has 0 amide bonds. The van der Waals surface area contributed by atoms with Gasteiger partial charge in [-0.1, -0.05) is 121 Å². The van der Waals surface area contributed by atoms with Crippen molar-refractivity contribution in [2.45, 2.75) is 31.0 Å². The highest BCUT2D eigenvalue weighted by Crippen LogP contribution is 2.48. The third kappa shape index (κ3) is 4.17. The lowest BCUT2D eigenvalue weighted by atomic mass is 9.90. The second-order valence-corrected chi connectivity index (χ2v) is 12.9. The van der Waals surface area contributed by atoms with Gasteiger partial charge in [0, 0.05) is 27.9 Å². The van der Waals surface area contributed by atoms with E-state index in [0.717, 1.165) is 41.5 Å². The maximum Gasteiger partial charge on any atom is 0.207 e. The van der Waals surface area contributed by atoms with E-state index in [1.54, 1.807) is 0 Å². The fourth-order valence-corrected chi connectivity index (χ4v) is 7.99. The van der Waals surface area contributed by atoms with Gasteiger partial charge in [0.2, 0.25) is 5.96 Å². The summed E-state index contributed by atoms with van der Waals surface area (Å²) in [5, 5.41) is 8.81. The molecule has 3 heterocycles. The first-order valence-electron chi connectivity index (χ1n) is 16.9. The summed E-state index contributed by atoms with van der Waals surface area (Å²) in [6.45, 7) is 0. The summed E-state index contributed by atoms with van der Waals surface area (Å²) < 4.78 is 2.43. The van der Waals surface area contributed by atoms with E-state index in [9.17, 15) is 0 Å². The van der Waals surface area contributed by atoms with Crippen LogP contribution in [0.1, 0.15) is 29.9 Å². The fourth-order valence-electron chi connectivity index (χ4n) is 7.99. The van der Waals surface area contributed by atoms with Crippen molar-refractivity contribution >= 4 is 50.1 Å². The van der Waals surface area contributed by atoms with E-state index in [1.807, 2.05) is 6.07 Å². The lowest BCUT2D eigenvalue weighted by Gasteiger charge is -2.33. The molecule has 0 fully saturated rings. The summed E-state index contributed by atoms with van der Waals surface area (Å²) in [7, 11) is 0. The van der Waals surface area contributed by atoms with Gasteiger partial charge in [0.05, 0.1) is 22.8 Å². The van der Waals surface area contributed by atoms with Crippen LogP contribution in [-0.4, -0.2) is 28.6 Å². The van der Waals surface area contributed by atoms with Gasteiger partial charge in [-0.2, -0.15) is 0 Å². The number of guanidine groups is 1. The Balaban J connectivity index is 1.22. The van der Waals surface area contributed by atoms with Crippen molar-refractivity contribution < 1.29 is 0 Å². The first-order valence-corrected chi connectivity index (χ1v) is 16.9. The monoisotopic (exact) mass is 619 g/mol. The Morgan fingerprint density at radius 2 is 1.52 bits per heavy atom. The van der Waals surface area contributed by atoms with E-state index in [-0.39, 0.29) is 18.1 Å². The van der Waals surface area contributed by atoms with Crippen LogP contribution in [0.25, 0.3) is 38.3 Å². The van der Waals surface area contributed by atoms with Gasteiger partial charge in [-0.25, -0.2) is 9.98 Å². The SMILES string of the molecule is C1=CC2c3cc4c5c6ccccc6ccc5n(-c5ccccc5)c4cc3N(C3=NC(C4=CCCC=C4)N=C(c4ccccc4)N3)C2C=C1. The van der Waals surface area contributed by atoms with Crippen molar-refractivity contribution in [2.75, 3.05) is 4.90 Å². The lowest BCUT2D eigenvalue weighted by Crippen LogP contribution is -2.51. The molecule has 1 aromatic heterocycles. The molecule has 1 N–H and O–H groups in total. The van der Waals surface area contributed by atoms with Crippen LogP contribution in [-0.2, 0) is 0 Å². The molecule has 2 aliphatic carbocycles. The predicted molar refractivity (Wildman–Crippen MR) is 199 cm³/mol. The molecule has 6 aromatic rings. The smallest absolute Gasteiger partial charge is 0.207 e. The molecule has 2 aliphatic heterocycles. The number of para-hydroxylation sites is 1. The van der Waals surface area contributed by atoms with E-state index in [1.165, 1.54) is 43.8 Å². The van der Waals surface area contributed by atoms with Crippen molar-refractivity contribution in [1.29, 1.82) is 0 Å². The van der Waals surface area contributed by atoms with E-state index >= 15 is 0 Å². The average molecular weight is 620 g/mol. The molecule has 3 unspecified atom stereocenters. The van der Waals surface area contributed by atoms with Gasteiger partial charge >= 0.3 is 0 Å². The van der Waals surface area contributed by atoms with Gasteiger partial charge in [-0.15, -0.1) is 0 Å². The molecule has 5 aromatic carbocycles. The first-order chi connectivity index (χ1) is 23.8. The quantitative estimate of drug-likeness (QED) is 0.215. The number of benzene rings is 5. The largest absolute Gasteiger partial charge is 0.310 e. The van der Waals surface area contributed by atoms with Gasteiger partial charge in [0.25, 0.3) is 0 Å². The second kappa shape index (κ2) is 10.8. The fraction of sp³-hybridized carbons (Fsp3) is 0.116. The van der Waals surface area contributed by atoms with Crippen LogP contribution >= 0.6 is 0 Å². The minimum absolute atomic E-state index is 0.0857. The zero-order chi connectivity index (χ0) is 31.6. The van der Waals surface area contributed by atoms with Gasteiger partial charge in [-0.05, 0) is 65.1 Å². The Morgan fingerprint density at radius 3 is 2.38 bits per heavy atom. The third-order valence-electron chi connectivity index (χ3n) is 10.2. The Hall–Kier alpha value is -5.94. The average Bonchev–Trinajstić information content (AvgIpc) is 3.67. The van der Waals surface area contributed by atoms with Crippen LogP contribution in [0.15, 0.2) is 167 Å². The minimum atomic E-state index is -0.315. The molecule has 10 rings (SSSR count). The number of nitrogens with one attached hydrogen (secondary N) is 1. The molecular weight excluding hydrogens is 587 g/mol. The van der Waals surface area contributed by atoms with E-state index in [4.69, 9.17) is 9.98 Å². The molecule has 0 bridgehead atoms. The first kappa shape index (κ1) is 27.2. The standard InChI is InChI=1S/C43H33N5/c1-4-15-29(16-5-1)41-44-42(30-17-6-2-7-18-30)46-43(45-41)48-36-23-13-12-22-33(36)34-26-35-39(27-38(34)48)47(31-19-8-3-9-20-31)37-25-24-28-14-10-11-21-32(28)40(35)37/h1,3-6,8-27,33,36,42H,2,7H2,(H,44,45,46). The number of aromatic nitrogens is 1. The molecular formula is C43H33N5. The van der Waals surface area contributed by atoms with Crippen molar-refractivity contribution in [3.8, 4) is 5.69 Å². The molecule has 0 radical (unpaired) electrons. The van der Waals surface area contributed by atoms with Crippen molar-refractivity contribution in [3.63, 3.8) is 0 Å². The number of amidine groups is 1. The Kier molecular flexibility index (Phi) is 6.13. The van der Waals surface area contributed by atoms with Crippen LogP contribution in [0.3, 0.4) is 0 Å². The van der Waals surface area contributed by atoms with Crippen LogP contribution in [0.4, 0.5) is 5.69 Å². The topological polar surface area (TPSA) is 44.9 Å². The van der Waals surface area contributed by atoms with E-state index < -0.39 is 0 Å². The number of aliphatic imine (C=N–C) groups is 2. The van der Waals surface area contributed by atoms with Crippen molar-refractivity contribution in [3.05, 3.63) is 168 Å². The van der Waals surface area contributed by atoms with Gasteiger partial charge < -0.3 is 14.8 Å². The van der Waals surface area contributed by atoms with Crippen molar-refractivity contribution in [2.24, 2.45) is 9.98 Å². The number of anilines is 1. The zero-order valence-corrected chi connectivity index (χ0v) is 26.4. The minimum Gasteiger partial charge on any atom is -0.310 e. The second-order valence-electron chi connectivity index (χ2n) is 12.9. The van der Waals surface area contributed by atoms with Gasteiger partial charge in [-0.3, -0.25) is 0 Å². The molecule has 0 saturated heterocycles. The van der Waals surface area contributed by atoms with Crippen LogP contribution < -0.4 is 10.2 Å². The molecule has 48 heavy (non-hydrogen) atoms. The van der Waals surface area contributed by atoms with Crippen LogP contribution in [0.5, 0.6) is 0 Å². The summed E-state index contributed by atoms with van der Waals surface area (Å²) in [6, 6.07) is 39.4. The Morgan fingerprint density at radius 1 is 0.708 bits per heavy atom. The highest BCUT2D eigenvalue weighted by Gasteiger charge is 2.41. The highest BCUT2D eigenvalue weighted by atomic mass is 15.4. The number of fused-ring (bicyclic) bond motifs is 8. The molecule has 230 valence electrons. The van der Waals surface area contributed by atoms with E-state index in [0.29, 0.717) is 0 Å².